The van der Waals surface area contributed by atoms with E-state index in [0.29, 0.717) is 18.0 Å². The summed E-state index contributed by atoms with van der Waals surface area (Å²) >= 11 is 0. The van der Waals surface area contributed by atoms with Crippen molar-refractivity contribution >= 4 is 11.6 Å². The first-order valence-electron chi connectivity index (χ1n) is 7.02. The molecule has 0 radical (unpaired) electrons. The van der Waals surface area contributed by atoms with Gasteiger partial charge in [0.15, 0.2) is 0 Å². The molecule has 1 aliphatic heterocycles. The number of amides is 1. The zero-order valence-corrected chi connectivity index (χ0v) is 11.6. The van der Waals surface area contributed by atoms with E-state index in [2.05, 4.69) is 15.7 Å². The van der Waals surface area contributed by atoms with Gasteiger partial charge in [0.25, 0.3) is 0 Å². The third kappa shape index (κ3) is 5.74. The minimum absolute atomic E-state index is 0.180. The van der Waals surface area contributed by atoms with Gasteiger partial charge in [-0.15, -0.1) is 0 Å². The maximum absolute atomic E-state index is 12.2. The summed E-state index contributed by atoms with van der Waals surface area (Å²) in [5.41, 5.74) is 0.301. The Kier molecular flexibility index (Phi) is 5.22. The number of carbonyl (C=O) groups is 1. The van der Waals surface area contributed by atoms with Gasteiger partial charge in [-0.3, -0.25) is 9.48 Å². The Morgan fingerprint density at radius 3 is 2.81 bits per heavy atom. The van der Waals surface area contributed by atoms with Crippen LogP contribution in [0.1, 0.15) is 25.7 Å². The lowest BCUT2D eigenvalue weighted by Crippen LogP contribution is -2.28. The summed E-state index contributed by atoms with van der Waals surface area (Å²) in [4.78, 5) is 11.8. The molecule has 2 heterocycles. The minimum atomic E-state index is -4.32. The van der Waals surface area contributed by atoms with E-state index >= 15 is 0 Å². The molecule has 1 saturated heterocycles. The molecular weight excluding hydrogens is 285 g/mol. The summed E-state index contributed by atoms with van der Waals surface area (Å²) in [5.74, 6) is 0.366. The Hall–Kier alpha value is -1.57. The number of anilines is 1. The molecule has 2 N–H and O–H groups in total. The zero-order valence-electron chi connectivity index (χ0n) is 11.6. The van der Waals surface area contributed by atoms with Crippen molar-refractivity contribution in [1.29, 1.82) is 0 Å². The third-order valence-corrected chi connectivity index (χ3v) is 3.50. The van der Waals surface area contributed by atoms with Gasteiger partial charge in [-0.1, -0.05) is 0 Å². The second-order valence-electron chi connectivity index (χ2n) is 5.32. The fourth-order valence-electron chi connectivity index (χ4n) is 2.43. The molecule has 0 saturated carbocycles. The molecule has 1 aromatic rings. The first kappa shape index (κ1) is 15.8. The average molecular weight is 304 g/mol. The number of hydrogen-bond acceptors (Lipinski definition) is 3. The SMILES string of the molecule is O=C(CCC1CCNCC1)Nc1cnn(CC(F)(F)F)c1. The maximum Gasteiger partial charge on any atom is 0.408 e. The Balaban J connectivity index is 1.74. The standard InChI is InChI=1S/C13H19F3N4O/c14-13(15,16)9-20-8-11(7-18-20)19-12(21)2-1-10-3-5-17-6-4-10/h7-8,10,17H,1-6,9H2,(H,19,21). The summed E-state index contributed by atoms with van der Waals surface area (Å²) in [6.07, 6.45) is 1.43. The molecule has 2 rings (SSSR count). The van der Waals surface area contributed by atoms with Crippen molar-refractivity contribution < 1.29 is 18.0 Å². The van der Waals surface area contributed by atoms with Gasteiger partial charge in [-0.05, 0) is 38.3 Å². The molecule has 21 heavy (non-hydrogen) atoms. The third-order valence-electron chi connectivity index (χ3n) is 3.50. The van der Waals surface area contributed by atoms with Crippen LogP contribution in [0.4, 0.5) is 18.9 Å². The number of piperidine rings is 1. The molecule has 1 aromatic heterocycles. The van der Waals surface area contributed by atoms with Crippen molar-refractivity contribution in [1.82, 2.24) is 15.1 Å². The largest absolute Gasteiger partial charge is 0.408 e. The van der Waals surface area contributed by atoms with Crippen LogP contribution in [-0.4, -0.2) is 35.0 Å². The van der Waals surface area contributed by atoms with E-state index in [-0.39, 0.29) is 5.91 Å². The van der Waals surface area contributed by atoms with Gasteiger partial charge in [-0.2, -0.15) is 18.3 Å². The molecule has 5 nitrogen and oxygen atoms in total. The first-order valence-corrected chi connectivity index (χ1v) is 7.02. The summed E-state index contributed by atoms with van der Waals surface area (Å²) in [6.45, 7) is 0.810. The predicted octanol–water partition coefficient (Wildman–Crippen LogP) is 2.16. The molecule has 0 spiro atoms. The van der Waals surface area contributed by atoms with Crippen LogP contribution in [0.15, 0.2) is 12.4 Å². The molecule has 0 bridgehead atoms. The van der Waals surface area contributed by atoms with Crippen LogP contribution < -0.4 is 10.6 Å². The lowest BCUT2D eigenvalue weighted by atomic mass is 9.93. The van der Waals surface area contributed by atoms with E-state index in [9.17, 15) is 18.0 Å². The van der Waals surface area contributed by atoms with Crippen molar-refractivity contribution in [3.8, 4) is 0 Å². The van der Waals surface area contributed by atoms with E-state index in [4.69, 9.17) is 0 Å². The van der Waals surface area contributed by atoms with Crippen LogP contribution >= 0.6 is 0 Å². The highest BCUT2D eigenvalue weighted by atomic mass is 19.4. The Morgan fingerprint density at radius 2 is 2.14 bits per heavy atom. The molecule has 0 aliphatic carbocycles. The Labute approximate surface area is 120 Å². The monoisotopic (exact) mass is 304 g/mol. The molecular formula is C13H19F3N4O. The quantitative estimate of drug-likeness (QED) is 0.876. The number of carbonyl (C=O) groups excluding carboxylic acids is 1. The lowest BCUT2D eigenvalue weighted by Gasteiger charge is -2.22. The normalized spacial score (nSPS) is 16.9. The summed E-state index contributed by atoms with van der Waals surface area (Å²) in [7, 11) is 0. The number of halogens is 3. The van der Waals surface area contributed by atoms with Crippen molar-refractivity contribution in [2.24, 2.45) is 5.92 Å². The van der Waals surface area contributed by atoms with Crippen molar-refractivity contribution in [3.05, 3.63) is 12.4 Å². The molecule has 1 amide bonds. The van der Waals surface area contributed by atoms with Gasteiger partial charge in [0.2, 0.25) is 5.91 Å². The number of alkyl halides is 3. The fourth-order valence-corrected chi connectivity index (χ4v) is 2.43. The van der Waals surface area contributed by atoms with Gasteiger partial charge >= 0.3 is 6.18 Å². The Bertz CT molecular complexity index is 466. The molecule has 0 unspecified atom stereocenters. The molecule has 1 fully saturated rings. The molecule has 8 heteroatoms. The number of aromatic nitrogens is 2. The first-order chi connectivity index (χ1) is 9.92. The van der Waals surface area contributed by atoms with Crippen LogP contribution in [0.5, 0.6) is 0 Å². The average Bonchev–Trinajstić information content (AvgIpc) is 2.82. The highest BCUT2D eigenvalue weighted by molar-refractivity contribution is 5.90. The number of hydrogen-bond donors (Lipinski definition) is 2. The van der Waals surface area contributed by atoms with Crippen molar-refractivity contribution in [2.45, 2.75) is 38.4 Å². The van der Waals surface area contributed by atoms with Gasteiger partial charge in [0, 0.05) is 12.6 Å². The zero-order chi connectivity index (χ0) is 15.3. The van der Waals surface area contributed by atoms with Crippen molar-refractivity contribution in [2.75, 3.05) is 18.4 Å². The van der Waals surface area contributed by atoms with Crippen LogP contribution in [0.2, 0.25) is 0 Å². The smallest absolute Gasteiger partial charge is 0.323 e. The summed E-state index contributed by atoms with van der Waals surface area (Å²) in [5, 5.41) is 9.42. The second-order valence-corrected chi connectivity index (χ2v) is 5.32. The van der Waals surface area contributed by atoms with E-state index in [1.807, 2.05) is 0 Å². The summed E-state index contributed by atoms with van der Waals surface area (Å²) in [6, 6.07) is 0. The Morgan fingerprint density at radius 1 is 1.43 bits per heavy atom. The second kappa shape index (κ2) is 6.93. The number of nitrogens with one attached hydrogen (secondary N) is 2. The molecule has 118 valence electrons. The fraction of sp³-hybridized carbons (Fsp3) is 0.692. The predicted molar refractivity (Wildman–Crippen MR) is 71.7 cm³/mol. The van der Waals surface area contributed by atoms with Crippen molar-refractivity contribution in [3.63, 3.8) is 0 Å². The topological polar surface area (TPSA) is 59.0 Å². The van der Waals surface area contributed by atoms with Gasteiger partial charge in [-0.25, -0.2) is 0 Å². The van der Waals surface area contributed by atoms with Crippen LogP contribution in [-0.2, 0) is 11.3 Å². The molecule has 0 aromatic carbocycles. The van der Waals surface area contributed by atoms with E-state index in [1.54, 1.807) is 0 Å². The lowest BCUT2D eigenvalue weighted by molar-refractivity contribution is -0.142. The molecule has 1 aliphatic rings. The number of rotatable bonds is 5. The van der Waals surface area contributed by atoms with Gasteiger partial charge in [0.1, 0.15) is 6.54 Å². The molecule has 0 atom stereocenters. The highest BCUT2D eigenvalue weighted by Crippen LogP contribution is 2.19. The van der Waals surface area contributed by atoms with E-state index < -0.39 is 12.7 Å². The van der Waals surface area contributed by atoms with Gasteiger partial charge in [0.05, 0.1) is 11.9 Å². The minimum Gasteiger partial charge on any atom is -0.323 e. The van der Waals surface area contributed by atoms with Crippen LogP contribution in [0, 0.1) is 5.92 Å². The van der Waals surface area contributed by atoms with Crippen LogP contribution in [0.25, 0.3) is 0 Å². The summed E-state index contributed by atoms with van der Waals surface area (Å²) < 4.78 is 37.3. The number of nitrogens with zero attached hydrogens (tertiary/aromatic N) is 2. The van der Waals surface area contributed by atoms with E-state index in [0.717, 1.165) is 37.0 Å². The maximum atomic E-state index is 12.2. The van der Waals surface area contributed by atoms with E-state index in [1.165, 1.54) is 12.4 Å². The van der Waals surface area contributed by atoms with Crippen LogP contribution in [0.3, 0.4) is 0 Å². The van der Waals surface area contributed by atoms with Gasteiger partial charge < -0.3 is 10.6 Å². The highest BCUT2D eigenvalue weighted by Gasteiger charge is 2.28.